The number of hydrogen-bond acceptors (Lipinski definition) is 3. The number of carboxylic acid groups (broad SMARTS) is 1. The van der Waals surface area contributed by atoms with Crippen molar-refractivity contribution < 1.29 is 18.3 Å². The van der Waals surface area contributed by atoms with Crippen LogP contribution in [0.5, 0.6) is 0 Å². The van der Waals surface area contributed by atoms with Gasteiger partial charge < -0.3 is 10.1 Å². The molecule has 0 amide bonds. The Hall–Kier alpha value is -1.34. The third-order valence-electron chi connectivity index (χ3n) is 4.05. The summed E-state index contributed by atoms with van der Waals surface area (Å²) in [5.74, 6) is -0.776. The molecule has 0 aromatic carbocycles. The van der Waals surface area contributed by atoms with Gasteiger partial charge in [0.1, 0.15) is 10.6 Å². The van der Waals surface area contributed by atoms with Gasteiger partial charge in [0.05, 0.1) is 0 Å². The van der Waals surface area contributed by atoms with Crippen LogP contribution >= 0.6 is 0 Å². The molecule has 1 fully saturated rings. The molecule has 0 spiro atoms. The number of carboxylic acids is 1. The zero-order valence-corrected chi connectivity index (χ0v) is 12.7. The highest BCUT2D eigenvalue weighted by Gasteiger charge is 2.31. The summed E-state index contributed by atoms with van der Waals surface area (Å²) in [6.45, 7) is 4.94. The van der Waals surface area contributed by atoms with Gasteiger partial charge in [0.2, 0.25) is 10.0 Å². The Balaban J connectivity index is 2.31. The molecule has 1 saturated carbocycles. The molecule has 1 atom stereocenters. The number of aromatic carboxylic acids is 1. The Morgan fingerprint density at radius 3 is 2.40 bits per heavy atom. The number of carbonyl (C=O) groups is 1. The van der Waals surface area contributed by atoms with Crippen LogP contribution in [0.3, 0.4) is 0 Å². The van der Waals surface area contributed by atoms with Crippen molar-refractivity contribution in [1.29, 1.82) is 0 Å². The van der Waals surface area contributed by atoms with Crippen molar-refractivity contribution in [2.75, 3.05) is 0 Å². The minimum atomic E-state index is -3.70. The Bertz CT molecular complexity index is 629. The van der Waals surface area contributed by atoms with Gasteiger partial charge in [-0.3, -0.25) is 0 Å². The normalized spacial score (nSPS) is 17.8. The van der Waals surface area contributed by atoms with Gasteiger partial charge in [-0.15, -0.1) is 0 Å². The Kier molecular flexibility index (Phi) is 3.93. The van der Waals surface area contributed by atoms with Crippen LogP contribution < -0.4 is 4.72 Å². The highest BCUT2D eigenvalue weighted by molar-refractivity contribution is 7.89. The minimum absolute atomic E-state index is 0.0565. The molecule has 7 heteroatoms. The van der Waals surface area contributed by atoms with Crippen molar-refractivity contribution in [2.24, 2.45) is 5.92 Å². The van der Waals surface area contributed by atoms with E-state index in [9.17, 15) is 13.2 Å². The van der Waals surface area contributed by atoms with Crippen LogP contribution in [0.15, 0.2) is 4.90 Å². The summed E-state index contributed by atoms with van der Waals surface area (Å²) in [4.78, 5) is 13.7. The van der Waals surface area contributed by atoms with E-state index < -0.39 is 16.0 Å². The molecule has 1 heterocycles. The van der Waals surface area contributed by atoms with E-state index in [0.29, 0.717) is 11.6 Å². The molecule has 20 heavy (non-hydrogen) atoms. The Labute approximate surface area is 118 Å². The lowest BCUT2D eigenvalue weighted by molar-refractivity contribution is 0.0690. The van der Waals surface area contributed by atoms with E-state index in [0.717, 1.165) is 19.3 Å². The number of aryl methyl sites for hydroxylation is 1. The van der Waals surface area contributed by atoms with Crippen LogP contribution in [0, 0.1) is 19.8 Å². The molecular formula is C13H20N2O4S. The summed E-state index contributed by atoms with van der Waals surface area (Å²) in [5.41, 5.74) is 0.538. The van der Waals surface area contributed by atoms with Gasteiger partial charge in [0, 0.05) is 17.3 Å². The summed E-state index contributed by atoms with van der Waals surface area (Å²) in [6, 6.07) is -0.129. The van der Waals surface area contributed by atoms with Crippen LogP contribution in [0.25, 0.3) is 0 Å². The van der Waals surface area contributed by atoms with Gasteiger partial charge in [0.15, 0.2) is 0 Å². The number of sulfonamides is 1. The summed E-state index contributed by atoms with van der Waals surface area (Å²) >= 11 is 0. The monoisotopic (exact) mass is 300 g/mol. The van der Waals surface area contributed by atoms with Gasteiger partial charge >= 0.3 is 5.97 Å². The van der Waals surface area contributed by atoms with Gasteiger partial charge in [-0.2, -0.15) is 0 Å². The SMILES string of the molecule is Cc1[nH]c(C(=O)O)c(C)c1S(=O)(=O)NC(C)C1CCC1. The predicted molar refractivity (Wildman–Crippen MR) is 74.4 cm³/mol. The molecule has 3 N–H and O–H groups in total. The third-order valence-corrected chi connectivity index (χ3v) is 5.88. The molecule has 0 saturated heterocycles. The maximum Gasteiger partial charge on any atom is 0.352 e. The molecule has 0 aliphatic heterocycles. The molecule has 1 aliphatic carbocycles. The molecule has 2 rings (SSSR count). The first-order valence-electron chi connectivity index (χ1n) is 6.69. The van der Waals surface area contributed by atoms with Crippen LogP contribution in [0.4, 0.5) is 0 Å². The standard InChI is InChI=1S/C13H20N2O4S/c1-7-11(13(16)17)14-9(3)12(7)20(18,19)15-8(2)10-5-4-6-10/h8,10,14-15H,4-6H2,1-3H3,(H,16,17). The average molecular weight is 300 g/mol. The van der Waals surface area contributed by atoms with E-state index in [2.05, 4.69) is 9.71 Å². The number of nitrogens with one attached hydrogen (secondary N) is 2. The van der Waals surface area contributed by atoms with Crippen LogP contribution in [0.1, 0.15) is 47.9 Å². The zero-order valence-electron chi connectivity index (χ0n) is 11.9. The number of rotatable bonds is 5. The fraction of sp³-hybridized carbons (Fsp3) is 0.615. The van der Waals surface area contributed by atoms with Gasteiger partial charge in [-0.25, -0.2) is 17.9 Å². The first kappa shape index (κ1) is 15.1. The molecule has 1 unspecified atom stereocenters. The third kappa shape index (κ3) is 2.60. The maximum atomic E-state index is 12.4. The second-order valence-corrected chi connectivity index (χ2v) is 7.14. The molecular weight excluding hydrogens is 280 g/mol. The zero-order chi connectivity index (χ0) is 15.1. The smallest absolute Gasteiger partial charge is 0.352 e. The summed E-state index contributed by atoms with van der Waals surface area (Å²) in [5, 5.41) is 9.04. The Morgan fingerprint density at radius 2 is 2.00 bits per heavy atom. The fourth-order valence-electron chi connectivity index (χ4n) is 2.69. The number of H-pyrrole nitrogens is 1. The second-order valence-electron chi connectivity index (χ2n) is 5.49. The largest absolute Gasteiger partial charge is 0.477 e. The van der Waals surface area contributed by atoms with E-state index in [1.807, 2.05) is 6.92 Å². The molecule has 112 valence electrons. The minimum Gasteiger partial charge on any atom is -0.477 e. The first-order valence-corrected chi connectivity index (χ1v) is 8.17. The van der Waals surface area contributed by atoms with Gasteiger partial charge in [-0.1, -0.05) is 6.42 Å². The second kappa shape index (κ2) is 5.21. The van der Waals surface area contributed by atoms with E-state index in [1.165, 1.54) is 6.92 Å². The highest BCUT2D eigenvalue weighted by Crippen LogP contribution is 2.31. The lowest BCUT2D eigenvalue weighted by atomic mass is 9.81. The topological polar surface area (TPSA) is 99.3 Å². The number of hydrogen-bond donors (Lipinski definition) is 3. The summed E-state index contributed by atoms with van der Waals surface area (Å²) < 4.78 is 27.5. The molecule has 1 aromatic rings. The first-order chi connectivity index (χ1) is 9.24. The fourth-order valence-corrected chi connectivity index (χ4v) is 4.45. The molecule has 6 nitrogen and oxygen atoms in total. The van der Waals surface area contributed by atoms with Crippen molar-refractivity contribution in [3.05, 3.63) is 17.0 Å². The van der Waals surface area contributed by atoms with Crippen LogP contribution in [-0.2, 0) is 10.0 Å². The molecule has 0 radical (unpaired) electrons. The van der Waals surface area contributed by atoms with E-state index in [4.69, 9.17) is 5.11 Å². The number of aromatic nitrogens is 1. The van der Waals surface area contributed by atoms with Crippen LogP contribution in [0.2, 0.25) is 0 Å². The predicted octanol–water partition coefficient (Wildman–Crippen LogP) is 1.80. The quantitative estimate of drug-likeness (QED) is 0.772. The summed E-state index contributed by atoms with van der Waals surface area (Å²) in [7, 11) is -3.70. The van der Waals surface area contributed by atoms with Crippen molar-refractivity contribution in [3.63, 3.8) is 0 Å². The van der Waals surface area contributed by atoms with Crippen LogP contribution in [-0.4, -0.2) is 30.5 Å². The van der Waals surface area contributed by atoms with E-state index in [1.54, 1.807) is 6.92 Å². The van der Waals surface area contributed by atoms with E-state index >= 15 is 0 Å². The maximum absolute atomic E-state index is 12.4. The average Bonchev–Trinajstić information content (AvgIpc) is 2.50. The highest BCUT2D eigenvalue weighted by atomic mass is 32.2. The molecule has 1 aromatic heterocycles. The van der Waals surface area contributed by atoms with Crippen molar-refractivity contribution >= 4 is 16.0 Å². The van der Waals surface area contributed by atoms with Crippen molar-refractivity contribution in [3.8, 4) is 0 Å². The van der Waals surface area contributed by atoms with E-state index in [-0.39, 0.29) is 22.2 Å². The molecule has 1 aliphatic rings. The lowest BCUT2D eigenvalue weighted by Gasteiger charge is -2.31. The molecule has 0 bridgehead atoms. The number of aromatic amines is 1. The summed E-state index contributed by atoms with van der Waals surface area (Å²) in [6.07, 6.45) is 3.21. The van der Waals surface area contributed by atoms with Gasteiger partial charge in [0.25, 0.3) is 0 Å². The van der Waals surface area contributed by atoms with Crippen molar-refractivity contribution in [2.45, 2.75) is 51.0 Å². The Morgan fingerprint density at radius 1 is 1.40 bits per heavy atom. The van der Waals surface area contributed by atoms with Gasteiger partial charge in [-0.05, 0) is 39.5 Å². The lowest BCUT2D eigenvalue weighted by Crippen LogP contribution is -2.40. The van der Waals surface area contributed by atoms with Crippen molar-refractivity contribution in [1.82, 2.24) is 9.71 Å².